The van der Waals surface area contributed by atoms with E-state index in [2.05, 4.69) is 10.1 Å². The molecule has 19 heavy (non-hydrogen) atoms. The molecule has 0 heterocycles. The van der Waals surface area contributed by atoms with Crippen LogP contribution in [0.15, 0.2) is 24.3 Å². The van der Waals surface area contributed by atoms with Crippen LogP contribution in [-0.4, -0.2) is 31.8 Å². The Morgan fingerprint density at radius 3 is 2.68 bits per heavy atom. The third-order valence-corrected chi connectivity index (χ3v) is 2.57. The van der Waals surface area contributed by atoms with Crippen LogP contribution >= 0.6 is 0 Å². The summed E-state index contributed by atoms with van der Waals surface area (Å²) >= 11 is 0. The van der Waals surface area contributed by atoms with E-state index in [4.69, 9.17) is 4.74 Å². The molecule has 1 rings (SSSR count). The van der Waals surface area contributed by atoms with Crippen LogP contribution < -0.4 is 5.32 Å². The number of nitrogens with one attached hydrogen (secondary N) is 1. The zero-order chi connectivity index (χ0) is 14.3. The molecule has 4 nitrogen and oxygen atoms in total. The second-order valence-corrected chi connectivity index (χ2v) is 4.92. The van der Waals surface area contributed by atoms with Gasteiger partial charge in [-0.1, -0.05) is 18.2 Å². The minimum Gasteiger partial charge on any atom is -0.462 e. The minimum atomic E-state index is -0.439. The highest BCUT2D eigenvalue weighted by Crippen LogP contribution is 2.09. The van der Waals surface area contributed by atoms with E-state index in [0.29, 0.717) is 12.1 Å². The summed E-state index contributed by atoms with van der Waals surface area (Å²) in [5, 5.41) is 3.16. The molecule has 0 atom stereocenters. The number of rotatable bonds is 7. The van der Waals surface area contributed by atoms with E-state index in [1.165, 1.54) is 13.2 Å². The van der Waals surface area contributed by atoms with E-state index < -0.39 is 11.5 Å². The number of halogens is 1. The lowest BCUT2D eigenvalue weighted by Gasteiger charge is -2.26. The van der Waals surface area contributed by atoms with Crippen molar-refractivity contribution in [3.05, 3.63) is 35.6 Å². The molecule has 0 bridgehead atoms. The number of carbonyl (C=O) groups is 1. The molecule has 0 saturated carbocycles. The van der Waals surface area contributed by atoms with Gasteiger partial charge in [-0.25, -0.2) is 9.18 Å². The topological polar surface area (TPSA) is 47.6 Å². The number of carbonyl (C=O) groups excluding carboxylic acids is 1. The molecule has 0 aliphatic heterocycles. The Labute approximate surface area is 112 Å². The first-order valence-corrected chi connectivity index (χ1v) is 6.07. The molecular weight excluding hydrogens is 249 g/mol. The smallest absolute Gasteiger partial charge is 0.332 e. The average Bonchev–Trinajstić information content (AvgIpc) is 2.36. The molecule has 0 amide bonds. The Morgan fingerprint density at radius 1 is 1.37 bits per heavy atom. The van der Waals surface area contributed by atoms with Crippen molar-refractivity contribution in [2.24, 2.45) is 0 Å². The van der Waals surface area contributed by atoms with E-state index in [9.17, 15) is 9.18 Å². The van der Waals surface area contributed by atoms with E-state index in [0.717, 1.165) is 0 Å². The molecule has 0 fully saturated rings. The van der Waals surface area contributed by atoms with Gasteiger partial charge in [-0.2, -0.15) is 0 Å². The summed E-state index contributed by atoms with van der Waals surface area (Å²) in [4.78, 5) is 11.2. The SMILES string of the molecule is COCC(=O)OCC(C)(C)NCc1ccccc1F. The number of methoxy groups -OCH3 is 1. The first-order valence-electron chi connectivity index (χ1n) is 6.07. The zero-order valence-electron chi connectivity index (χ0n) is 11.5. The van der Waals surface area contributed by atoms with Gasteiger partial charge < -0.3 is 14.8 Å². The van der Waals surface area contributed by atoms with Gasteiger partial charge in [0, 0.05) is 24.8 Å². The highest BCUT2D eigenvalue weighted by molar-refractivity contribution is 5.70. The van der Waals surface area contributed by atoms with Crippen molar-refractivity contribution in [3.63, 3.8) is 0 Å². The molecule has 0 aromatic heterocycles. The van der Waals surface area contributed by atoms with Gasteiger partial charge in [0.1, 0.15) is 19.0 Å². The molecule has 106 valence electrons. The fourth-order valence-corrected chi connectivity index (χ4v) is 1.45. The van der Waals surface area contributed by atoms with E-state index >= 15 is 0 Å². The van der Waals surface area contributed by atoms with Gasteiger partial charge in [-0.05, 0) is 19.9 Å². The largest absolute Gasteiger partial charge is 0.462 e. The monoisotopic (exact) mass is 269 g/mol. The molecule has 5 heteroatoms. The summed E-state index contributed by atoms with van der Waals surface area (Å²) in [5.41, 5.74) is 0.143. The van der Waals surface area contributed by atoms with E-state index in [1.807, 2.05) is 13.8 Å². The quantitative estimate of drug-likeness (QED) is 0.768. The summed E-state index contributed by atoms with van der Waals surface area (Å²) < 4.78 is 23.2. The van der Waals surface area contributed by atoms with Crippen LogP contribution in [0.2, 0.25) is 0 Å². The Morgan fingerprint density at radius 2 is 2.05 bits per heavy atom. The molecule has 1 aromatic carbocycles. The Bertz CT molecular complexity index is 421. The van der Waals surface area contributed by atoms with Crippen molar-refractivity contribution in [1.82, 2.24) is 5.32 Å². The maximum absolute atomic E-state index is 13.4. The molecule has 1 aromatic rings. The lowest BCUT2D eigenvalue weighted by Crippen LogP contribution is -2.44. The van der Waals surface area contributed by atoms with Crippen LogP contribution in [0, 0.1) is 5.82 Å². The van der Waals surface area contributed by atoms with Crippen molar-refractivity contribution in [2.75, 3.05) is 20.3 Å². The van der Waals surface area contributed by atoms with Crippen molar-refractivity contribution in [2.45, 2.75) is 25.9 Å². The predicted molar refractivity (Wildman–Crippen MR) is 70.2 cm³/mol. The van der Waals surface area contributed by atoms with Crippen LogP contribution in [0.25, 0.3) is 0 Å². The molecule has 0 saturated heterocycles. The maximum Gasteiger partial charge on any atom is 0.332 e. The van der Waals surface area contributed by atoms with Gasteiger partial charge in [0.15, 0.2) is 0 Å². The molecule has 1 N–H and O–H groups in total. The predicted octanol–water partition coefficient (Wildman–Crippen LogP) is 1.88. The molecule has 0 aliphatic carbocycles. The van der Waals surface area contributed by atoms with Crippen LogP contribution in [-0.2, 0) is 20.8 Å². The van der Waals surface area contributed by atoms with E-state index in [1.54, 1.807) is 18.2 Å². The molecule has 0 unspecified atom stereocenters. The van der Waals surface area contributed by atoms with Crippen LogP contribution in [0.5, 0.6) is 0 Å². The molecule has 0 aliphatic rings. The van der Waals surface area contributed by atoms with Crippen LogP contribution in [0.4, 0.5) is 4.39 Å². The van der Waals surface area contributed by atoms with Crippen LogP contribution in [0.1, 0.15) is 19.4 Å². The number of benzene rings is 1. The number of esters is 1. The summed E-state index contributed by atoms with van der Waals surface area (Å²) in [6.07, 6.45) is 0. The van der Waals surface area contributed by atoms with Gasteiger partial charge in [-0.15, -0.1) is 0 Å². The van der Waals surface area contributed by atoms with Gasteiger partial charge >= 0.3 is 5.97 Å². The molecular formula is C14H20FNO3. The van der Waals surface area contributed by atoms with Gasteiger partial charge in [-0.3, -0.25) is 0 Å². The normalized spacial score (nSPS) is 11.4. The first-order chi connectivity index (χ1) is 8.94. The molecule has 0 radical (unpaired) electrons. The third kappa shape index (κ3) is 5.81. The summed E-state index contributed by atoms with van der Waals surface area (Å²) in [6, 6.07) is 6.57. The Kier molecular flexibility index (Phi) is 5.92. The maximum atomic E-state index is 13.4. The number of hydrogen-bond acceptors (Lipinski definition) is 4. The van der Waals surface area contributed by atoms with Crippen LogP contribution in [0.3, 0.4) is 0 Å². The second-order valence-electron chi connectivity index (χ2n) is 4.92. The van der Waals surface area contributed by atoms with Crippen molar-refractivity contribution >= 4 is 5.97 Å². The second kappa shape index (κ2) is 7.21. The average molecular weight is 269 g/mol. The van der Waals surface area contributed by atoms with Crippen molar-refractivity contribution in [3.8, 4) is 0 Å². The fraction of sp³-hybridized carbons (Fsp3) is 0.500. The Hall–Kier alpha value is -1.46. The zero-order valence-corrected chi connectivity index (χ0v) is 11.5. The fourth-order valence-electron chi connectivity index (χ4n) is 1.45. The molecule has 0 spiro atoms. The third-order valence-electron chi connectivity index (χ3n) is 2.57. The highest BCUT2D eigenvalue weighted by atomic mass is 19.1. The van der Waals surface area contributed by atoms with E-state index in [-0.39, 0.29) is 19.0 Å². The summed E-state index contributed by atoms with van der Waals surface area (Å²) in [7, 11) is 1.43. The number of hydrogen-bond donors (Lipinski definition) is 1. The summed E-state index contributed by atoms with van der Waals surface area (Å²) in [5.74, 6) is -0.662. The van der Waals surface area contributed by atoms with Crippen molar-refractivity contribution < 1.29 is 18.7 Å². The highest BCUT2D eigenvalue weighted by Gasteiger charge is 2.20. The summed E-state index contributed by atoms with van der Waals surface area (Å²) in [6.45, 7) is 4.27. The standard InChI is InChI=1S/C14H20FNO3/c1-14(2,10-19-13(17)9-18-3)16-8-11-6-4-5-7-12(11)15/h4-7,16H,8-10H2,1-3H3. The lowest BCUT2D eigenvalue weighted by molar-refractivity contribution is -0.149. The first kappa shape index (κ1) is 15.6. The Balaban J connectivity index is 2.42. The number of ether oxygens (including phenoxy) is 2. The lowest BCUT2D eigenvalue weighted by atomic mass is 10.1. The van der Waals surface area contributed by atoms with Gasteiger partial charge in [0.2, 0.25) is 0 Å². The van der Waals surface area contributed by atoms with Gasteiger partial charge in [0.25, 0.3) is 0 Å². The minimum absolute atomic E-state index is 0.0661. The van der Waals surface area contributed by atoms with Crippen molar-refractivity contribution in [1.29, 1.82) is 0 Å². The van der Waals surface area contributed by atoms with Gasteiger partial charge in [0.05, 0.1) is 0 Å².